The highest BCUT2D eigenvalue weighted by Gasteiger charge is 2.65. The summed E-state index contributed by atoms with van der Waals surface area (Å²) >= 11 is 0. The predicted molar refractivity (Wildman–Crippen MR) is 106 cm³/mol. The van der Waals surface area contributed by atoms with Crippen LogP contribution in [0, 0.1) is 22.7 Å². The van der Waals surface area contributed by atoms with Gasteiger partial charge in [0.05, 0.1) is 6.67 Å². The molecule has 2 unspecified atom stereocenters. The summed E-state index contributed by atoms with van der Waals surface area (Å²) in [4.78, 5) is 13.6. The summed E-state index contributed by atoms with van der Waals surface area (Å²) in [5, 5.41) is 3.08. The van der Waals surface area contributed by atoms with Gasteiger partial charge < -0.3 is 5.32 Å². The summed E-state index contributed by atoms with van der Waals surface area (Å²) in [5.74, 6) is 0.477. The van der Waals surface area contributed by atoms with Crippen LogP contribution in [0.5, 0.6) is 0 Å². The van der Waals surface area contributed by atoms with Crippen LogP contribution in [0.4, 0.5) is 8.78 Å². The average molecular weight is 388 g/mol. The molecule has 1 saturated heterocycles. The fourth-order valence-electron chi connectivity index (χ4n) is 7.77. The van der Waals surface area contributed by atoms with Gasteiger partial charge in [-0.15, -0.1) is 0 Å². The molecule has 2 nitrogen and oxygen atoms in total. The second-order valence-corrected chi connectivity index (χ2v) is 10.5. The number of ketones is 1. The molecule has 1 N–H and O–H groups in total. The van der Waals surface area contributed by atoms with Gasteiger partial charge in [0.25, 0.3) is 0 Å². The normalized spacial score (nSPS) is 44.6. The molecule has 0 amide bonds. The molecule has 4 aliphatic carbocycles. The largest absolute Gasteiger partial charge is 0.314 e. The zero-order valence-corrected chi connectivity index (χ0v) is 16.6. The van der Waals surface area contributed by atoms with E-state index in [1.165, 1.54) is 5.56 Å². The summed E-state index contributed by atoms with van der Waals surface area (Å²) < 4.78 is 28.8. The first-order chi connectivity index (χ1) is 13.5. The van der Waals surface area contributed by atoms with Crippen molar-refractivity contribution in [1.82, 2.24) is 5.32 Å². The number of nitrogens with one attached hydrogen (secondary N) is 1. The minimum atomic E-state index is -0.940. The molecule has 5 fully saturated rings. The number of hydrogen-bond acceptors (Lipinski definition) is 2. The number of rotatable bonds is 5. The third kappa shape index (κ3) is 2.86. The number of carbonyl (C=O) groups excluding carboxylic acids is 1. The van der Waals surface area contributed by atoms with Gasteiger partial charge in [0.2, 0.25) is 0 Å². The second-order valence-electron chi connectivity index (χ2n) is 10.5. The fraction of sp³-hybridized carbons (Fsp3) is 0.708. The standard InChI is InChI=1S/C24H31F2NO/c25-16-22-9-17-10-23(13-22,19-4-2-1-3-5-19)15-24(11-17,14-22)21(28)8-18-6-7-27-12-20(18)26/h1-5,17-18,20,27H,6-16H2/t17?,18-,20+,22-,23+,24?/m0/s1. The average Bonchev–Trinajstić information content (AvgIpc) is 2.69. The van der Waals surface area contributed by atoms with Gasteiger partial charge in [0.15, 0.2) is 0 Å². The van der Waals surface area contributed by atoms with Crippen molar-refractivity contribution in [1.29, 1.82) is 0 Å². The second kappa shape index (κ2) is 6.62. The maximum absolute atomic E-state index is 14.4. The zero-order valence-electron chi connectivity index (χ0n) is 16.6. The topological polar surface area (TPSA) is 29.1 Å². The van der Waals surface area contributed by atoms with Crippen LogP contribution in [0.3, 0.4) is 0 Å². The van der Waals surface area contributed by atoms with Crippen LogP contribution in [0.2, 0.25) is 0 Å². The van der Waals surface area contributed by atoms with Crippen LogP contribution >= 0.6 is 0 Å². The summed E-state index contributed by atoms with van der Waals surface area (Å²) in [5.41, 5.74) is 0.408. The van der Waals surface area contributed by atoms with Crippen molar-refractivity contribution < 1.29 is 13.6 Å². The molecule has 28 heavy (non-hydrogen) atoms. The molecule has 0 spiro atoms. The van der Waals surface area contributed by atoms with Crippen LogP contribution < -0.4 is 5.32 Å². The molecule has 1 aromatic rings. The van der Waals surface area contributed by atoms with Crippen molar-refractivity contribution >= 4 is 5.78 Å². The lowest BCUT2D eigenvalue weighted by Gasteiger charge is -2.66. The Hall–Kier alpha value is -1.29. The van der Waals surface area contributed by atoms with Gasteiger partial charge in [0.1, 0.15) is 12.0 Å². The van der Waals surface area contributed by atoms with Gasteiger partial charge in [0, 0.05) is 23.8 Å². The monoisotopic (exact) mass is 387 g/mol. The smallest absolute Gasteiger partial charge is 0.139 e. The van der Waals surface area contributed by atoms with Gasteiger partial charge in [-0.25, -0.2) is 4.39 Å². The van der Waals surface area contributed by atoms with Crippen molar-refractivity contribution in [3.8, 4) is 0 Å². The lowest BCUT2D eigenvalue weighted by atomic mass is 9.38. The molecule has 152 valence electrons. The van der Waals surface area contributed by atoms with Crippen molar-refractivity contribution in [3.05, 3.63) is 35.9 Å². The Morgan fingerprint density at radius 2 is 1.93 bits per heavy atom. The van der Waals surface area contributed by atoms with Crippen molar-refractivity contribution in [2.75, 3.05) is 19.8 Å². The fourth-order valence-corrected chi connectivity index (χ4v) is 7.77. The summed E-state index contributed by atoms with van der Waals surface area (Å²) in [6.07, 6.45) is 5.40. The van der Waals surface area contributed by atoms with E-state index in [4.69, 9.17) is 0 Å². The number of halogens is 2. The highest BCUT2D eigenvalue weighted by Crippen LogP contribution is 2.70. The predicted octanol–water partition coefficient (Wildman–Crippen LogP) is 4.77. The lowest BCUT2D eigenvalue weighted by molar-refractivity contribution is -0.164. The summed E-state index contributed by atoms with van der Waals surface area (Å²) in [6.45, 7) is 0.818. The molecule has 6 rings (SSSR count). The SMILES string of the molecule is O=C(C[C@@H]1CCNC[C@H]1F)C12CC3C[C@@](CF)(C1)C[C@](c1ccccc1)(C3)C2. The van der Waals surface area contributed by atoms with E-state index in [1.54, 1.807) is 0 Å². The molecular weight excluding hydrogens is 356 g/mol. The highest BCUT2D eigenvalue weighted by atomic mass is 19.1. The Bertz CT molecular complexity index is 754. The molecule has 5 aliphatic rings. The first-order valence-corrected chi connectivity index (χ1v) is 11.0. The quantitative estimate of drug-likeness (QED) is 0.788. The zero-order chi connectivity index (χ0) is 19.4. The number of benzene rings is 1. The van der Waals surface area contributed by atoms with Crippen LogP contribution in [0.25, 0.3) is 0 Å². The molecular formula is C24H31F2NO. The van der Waals surface area contributed by atoms with Crippen molar-refractivity contribution in [2.45, 2.75) is 63.0 Å². The third-order valence-electron chi connectivity index (χ3n) is 8.44. The molecule has 0 radical (unpaired) electrons. The molecule has 4 saturated carbocycles. The van der Waals surface area contributed by atoms with Crippen LogP contribution in [-0.2, 0) is 10.2 Å². The molecule has 4 heteroatoms. The van der Waals surface area contributed by atoms with E-state index in [0.717, 1.165) is 45.1 Å². The van der Waals surface area contributed by atoms with E-state index in [2.05, 4.69) is 29.6 Å². The highest BCUT2D eigenvalue weighted by molar-refractivity contribution is 5.86. The Labute approximate surface area is 166 Å². The maximum atomic E-state index is 14.4. The van der Waals surface area contributed by atoms with E-state index < -0.39 is 11.6 Å². The van der Waals surface area contributed by atoms with Crippen molar-refractivity contribution in [2.24, 2.45) is 22.7 Å². The van der Waals surface area contributed by atoms with E-state index in [1.807, 2.05) is 6.07 Å². The molecule has 1 aromatic carbocycles. The molecule has 1 heterocycles. The van der Waals surface area contributed by atoms with Gasteiger partial charge in [-0.1, -0.05) is 30.3 Å². The van der Waals surface area contributed by atoms with E-state index in [-0.39, 0.29) is 29.2 Å². The molecule has 0 aromatic heterocycles. The molecule has 4 bridgehead atoms. The lowest BCUT2D eigenvalue weighted by Crippen LogP contribution is -2.61. The number of alkyl halides is 2. The number of carbonyl (C=O) groups is 1. The first kappa shape index (κ1) is 18.7. The van der Waals surface area contributed by atoms with Crippen LogP contribution in [0.1, 0.15) is 56.9 Å². The van der Waals surface area contributed by atoms with Crippen molar-refractivity contribution in [3.63, 3.8) is 0 Å². The Balaban J connectivity index is 1.48. The van der Waals surface area contributed by atoms with E-state index in [9.17, 15) is 13.6 Å². The maximum Gasteiger partial charge on any atom is 0.139 e. The first-order valence-electron chi connectivity index (χ1n) is 11.0. The Morgan fingerprint density at radius 3 is 2.68 bits per heavy atom. The molecule has 1 aliphatic heterocycles. The molecule has 6 atom stereocenters. The Morgan fingerprint density at radius 1 is 1.11 bits per heavy atom. The van der Waals surface area contributed by atoms with Gasteiger partial charge in [-0.3, -0.25) is 9.18 Å². The van der Waals surface area contributed by atoms with Gasteiger partial charge in [-0.2, -0.15) is 0 Å². The van der Waals surface area contributed by atoms with Gasteiger partial charge in [-0.05, 0) is 74.3 Å². The Kier molecular flexibility index (Phi) is 4.42. The summed E-state index contributed by atoms with van der Waals surface area (Å²) in [6, 6.07) is 10.5. The number of Topliss-reactive ketones (excluding diaryl/α,β-unsaturated/α-hetero) is 1. The number of hydrogen-bond donors (Lipinski definition) is 1. The minimum absolute atomic E-state index is 0.0777. The van der Waals surface area contributed by atoms with E-state index in [0.29, 0.717) is 25.3 Å². The van der Waals surface area contributed by atoms with Crippen LogP contribution in [-0.4, -0.2) is 31.7 Å². The van der Waals surface area contributed by atoms with E-state index >= 15 is 0 Å². The van der Waals surface area contributed by atoms with Gasteiger partial charge >= 0.3 is 0 Å². The van der Waals surface area contributed by atoms with Crippen LogP contribution in [0.15, 0.2) is 30.3 Å². The summed E-state index contributed by atoms with van der Waals surface area (Å²) in [7, 11) is 0. The third-order valence-corrected chi connectivity index (χ3v) is 8.44. The minimum Gasteiger partial charge on any atom is -0.314 e. The number of piperidine rings is 1.